The predicted octanol–water partition coefficient (Wildman–Crippen LogP) is -2.71. The molecule has 4 N–H and O–H groups in total. The Morgan fingerprint density at radius 2 is 1.50 bits per heavy atom. The number of aliphatic carboxylic acids is 1. The number of aliphatic hydroxyl groups is 3. The number of carboxylic acids is 1. The minimum atomic E-state index is -1.16. The van der Waals surface area contributed by atoms with Crippen LogP contribution < -0.4 is 10.0 Å². The zero-order chi connectivity index (χ0) is 18.4. The van der Waals surface area contributed by atoms with Gasteiger partial charge in [-0.1, -0.05) is 0 Å². The highest BCUT2D eigenvalue weighted by molar-refractivity contribution is 8.00. The maximum Gasteiger partial charge on any atom is 0.269 e. The highest BCUT2D eigenvalue weighted by Crippen LogP contribution is 2.20. The van der Waals surface area contributed by atoms with Crippen LogP contribution in [0.4, 0.5) is 5.69 Å². The summed E-state index contributed by atoms with van der Waals surface area (Å²) < 4.78 is 0. The fourth-order valence-electron chi connectivity index (χ4n) is 1.66. The molecule has 0 aliphatic carbocycles. The minimum Gasteiger partial charge on any atom is -0.549 e. The maximum absolute atomic E-state index is 10.3. The Kier molecular flexibility index (Phi) is 12.7. The van der Waals surface area contributed by atoms with Gasteiger partial charge in [0.2, 0.25) is 0 Å². The van der Waals surface area contributed by atoms with Gasteiger partial charge in [0.1, 0.15) is 19.6 Å². The molecule has 1 aromatic carbocycles. The average Bonchev–Trinajstić information content (AvgIpc) is 2.54. The first-order valence-electron chi connectivity index (χ1n) is 7.17. The quantitative estimate of drug-likeness (QED) is 0.199. The Morgan fingerprint density at radius 3 is 1.83 bits per heavy atom. The Labute approximate surface area is 143 Å². The van der Waals surface area contributed by atoms with Gasteiger partial charge >= 0.3 is 0 Å². The molecule has 0 heterocycles. The summed E-state index contributed by atoms with van der Waals surface area (Å²) >= 11 is 1.06. The summed E-state index contributed by atoms with van der Waals surface area (Å²) in [5, 5.41) is 45.9. The lowest BCUT2D eigenvalue weighted by atomic mass is 10.3. The van der Waals surface area contributed by atoms with E-state index in [9.17, 15) is 20.0 Å². The Bertz CT molecular complexity index is 470. The van der Waals surface area contributed by atoms with Crippen molar-refractivity contribution >= 4 is 23.4 Å². The van der Waals surface area contributed by atoms with Gasteiger partial charge in [-0.05, 0) is 12.1 Å². The van der Waals surface area contributed by atoms with Gasteiger partial charge in [0.25, 0.3) is 5.69 Å². The van der Waals surface area contributed by atoms with E-state index < -0.39 is 10.9 Å². The molecule has 0 aromatic heterocycles. The number of quaternary nitrogens is 1. The second-order valence-electron chi connectivity index (χ2n) is 4.58. The zero-order valence-electron chi connectivity index (χ0n) is 13.1. The summed E-state index contributed by atoms with van der Waals surface area (Å²) in [4.78, 5) is 21.6. The van der Waals surface area contributed by atoms with E-state index in [0.717, 1.165) is 16.7 Å². The van der Waals surface area contributed by atoms with E-state index in [-0.39, 0.29) is 31.3 Å². The molecule has 0 aliphatic heterocycles. The highest BCUT2D eigenvalue weighted by atomic mass is 32.2. The van der Waals surface area contributed by atoms with Gasteiger partial charge in [0.15, 0.2) is 0 Å². The van der Waals surface area contributed by atoms with Crippen LogP contribution >= 0.6 is 11.8 Å². The highest BCUT2D eigenvalue weighted by Gasteiger charge is 2.04. The van der Waals surface area contributed by atoms with E-state index in [1.165, 1.54) is 24.3 Å². The number of carboxylic acid groups (broad SMARTS) is 1. The molecule has 0 saturated heterocycles. The van der Waals surface area contributed by atoms with Crippen molar-refractivity contribution in [2.45, 2.75) is 4.90 Å². The van der Waals surface area contributed by atoms with Crippen LogP contribution in [0.2, 0.25) is 0 Å². The normalized spacial score (nSPS) is 10.2. The number of non-ortho nitro benzene ring substituents is 1. The second-order valence-corrected chi connectivity index (χ2v) is 5.63. The number of thioether (sulfide) groups is 1. The first kappa shape index (κ1) is 22.3. The number of carbonyl (C=O) groups excluding carboxylic acids is 1. The molecule has 10 heteroatoms. The van der Waals surface area contributed by atoms with Crippen LogP contribution in [0.25, 0.3) is 0 Å². The fraction of sp³-hybridized carbons (Fsp3) is 0.500. The first-order chi connectivity index (χ1) is 11.4. The fourth-order valence-corrected chi connectivity index (χ4v) is 2.27. The zero-order valence-corrected chi connectivity index (χ0v) is 13.9. The molecule has 0 saturated carbocycles. The van der Waals surface area contributed by atoms with Crippen LogP contribution in [-0.4, -0.2) is 71.4 Å². The maximum atomic E-state index is 10.3. The molecule has 9 nitrogen and oxygen atoms in total. The van der Waals surface area contributed by atoms with E-state index in [4.69, 9.17) is 15.3 Å². The number of aliphatic hydroxyl groups excluding tert-OH is 3. The van der Waals surface area contributed by atoms with Gasteiger partial charge in [0.05, 0.1) is 30.7 Å². The monoisotopic (exact) mass is 362 g/mol. The lowest BCUT2D eigenvalue weighted by molar-refractivity contribution is -0.901. The number of nitro groups is 1. The molecule has 24 heavy (non-hydrogen) atoms. The SMILES string of the molecule is O=C([O-])CSc1ccc([N+](=O)[O-])cc1.OCC[NH+](CCO)CCO. The number of nitrogens with zero attached hydrogens (tertiary/aromatic N) is 1. The van der Waals surface area contributed by atoms with Crippen molar-refractivity contribution in [1.29, 1.82) is 0 Å². The van der Waals surface area contributed by atoms with E-state index in [1.54, 1.807) is 0 Å². The molecular weight excluding hydrogens is 340 g/mol. The molecule has 1 rings (SSSR count). The molecule has 0 fully saturated rings. The largest absolute Gasteiger partial charge is 0.549 e. The number of nitrogens with one attached hydrogen (secondary N) is 1. The minimum absolute atomic E-state index is 0.0113. The molecule has 0 amide bonds. The third-order valence-corrected chi connectivity index (χ3v) is 3.79. The molecule has 1 aromatic rings. The topological polar surface area (TPSA) is 148 Å². The summed E-state index contributed by atoms with van der Waals surface area (Å²) in [7, 11) is 0. The smallest absolute Gasteiger partial charge is 0.269 e. The molecule has 136 valence electrons. The van der Waals surface area contributed by atoms with Crippen molar-refractivity contribution in [3.05, 3.63) is 34.4 Å². The van der Waals surface area contributed by atoms with Crippen LogP contribution in [0.15, 0.2) is 29.2 Å². The van der Waals surface area contributed by atoms with Crippen LogP contribution in [0.5, 0.6) is 0 Å². The molecule has 0 aliphatic rings. The van der Waals surface area contributed by atoms with Crippen molar-refractivity contribution in [3.63, 3.8) is 0 Å². The number of carbonyl (C=O) groups is 1. The van der Waals surface area contributed by atoms with E-state index in [1.807, 2.05) is 0 Å². The lowest BCUT2D eigenvalue weighted by Crippen LogP contribution is -3.13. The summed E-state index contributed by atoms with van der Waals surface area (Å²) in [6.07, 6.45) is 0. The summed E-state index contributed by atoms with van der Waals surface area (Å²) in [5.41, 5.74) is -0.0113. The Morgan fingerprint density at radius 1 is 1.04 bits per heavy atom. The molecule has 0 unspecified atom stereocenters. The Hall–Kier alpha value is -1.72. The summed E-state index contributed by atoms with van der Waals surface area (Å²) in [6, 6.07) is 5.67. The second kappa shape index (κ2) is 13.7. The first-order valence-corrected chi connectivity index (χ1v) is 8.16. The van der Waals surface area contributed by atoms with Crippen molar-refractivity contribution in [2.24, 2.45) is 0 Å². The predicted molar refractivity (Wildman–Crippen MR) is 85.6 cm³/mol. The van der Waals surface area contributed by atoms with Crippen LogP contribution in [0.1, 0.15) is 0 Å². The van der Waals surface area contributed by atoms with Crippen LogP contribution in [-0.2, 0) is 4.79 Å². The van der Waals surface area contributed by atoms with Gasteiger partial charge in [-0.15, -0.1) is 11.8 Å². The van der Waals surface area contributed by atoms with Gasteiger partial charge in [-0.25, -0.2) is 0 Å². The van der Waals surface area contributed by atoms with Gasteiger partial charge in [0, 0.05) is 22.8 Å². The van der Waals surface area contributed by atoms with Crippen molar-refractivity contribution in [2.75, 3.05) is 45.2 Å². The number of hydrogen-bond acceptors (Lipinski definition) is 8. The van der Waals surface area contributed by atoms with Crippen molar-refractivity contribution in [3.8, 4) is 0 Å². The molecule has 0 bridgehead atoms. The van der Waals surface area contributed by atoms with Gasteiger partial charge in [-0.2, -0.15) is 0 Å². The number of benzene rings is 1. The van der Waals surface area contributed by atoms with Crippen molar-refractivity contribution in [1.82, 2.24) is 0 Å². The standard InChI is InChI=1S/C8H7NO4S.C6H15NO3/c10-8(11)5-14-7-3-1-6(2-4-7)9(12)13;8-4-1-7(2-5-9)3-6-10/h1-4H,5H2,(H,10,11);8-10H,1-6H2. The third-order valence-electron chi connectivity index (χ3n) is 2.80. The number of rotatable bonds is 10. The van der Waals surface area contributed by atoms with Crippen molar-refractivity contribution < 1.29 is 35.0 Å². The molecule has 0 spiro atoms. The van der Waals surface area contributed by atoms with Gasteiger partial charge in [-0.3, -0.25) is 10.1 Å². The molecule has 0 radical (unpaired) electrons. The van der Waals surface area contributed by atoms with E-state index >= 15 is 0 Å². The Balaban J connectivity index is 0.000000470. The number of hydrogen-bond donors (Lipinski definition) is 4. The lowest BCUT2D eigenvalue weighted by Gasteiger charge is -2.15. The van der Waals surface area contributed by atoms with Gasteiger partial charge < -0.3 is 30.1 Å². The average molecular weight is 362 g/mol. The van der Waals surface area contributed by atoms with E-state index in [0.29, 0.717) is 24.5 Å². The summed E-state index contributed by atoms with van der Waals surface area (Å²) in [5.74, 6) is -1.31. The van der Waals surface area contributed by atoms with E-state index in [2.05, 4.69) is 0 Å². The van der Waals surface area contributed by atoms with Crippen LogP contribution in [0, 0.1) is 10.1 Å². The van der Waals surface area contributed by atoms with Crippen LogP contribution in [0.3, 0.4) is 0 Å². The molecule has 0 atom stereocenters. The third kappa shape index (κ3) is 10.9. The molecular formula is C14H22N2O7S. The number of nitro benzene ring substituents is 1. The summed E-state index contributed by atoms with van der Waals surface area (Å²) in [6.45, 7) is 2.11.